The van der Waals surface area contributed by atoms with Crippen LogP contribution in [-0.4, -0.2) is 34.8 Å². The summed E-state index contributed by atoms with van der Waals surface area (Å²) < 4.78 is 1.67. The zero-order valence-electron chi connectivity index (χ0n) is 12.3. The highest BCUT2D eigenvalue weighted by Gasteiger charge is 2.23. The van der Waals surface area contributed by atoms with Crippen molar-refractivity contribution in [1.82, 2.24) is 20.4 Å². The predicted octanol–water partition coefficient (Wildman–Crippen LogP) is 1.20. The maximum atomic E-state index is 12.3. The summed E-state index contributed by atoms with van der Waals surface area (Å²) in [4.78, 5) is 12.3. The summed E-state index contributed by atoms with van der Waals surface area (Å²) in [7, 11) is 1.82. The molecule has 2 heterocycles. The van der Waals surface area contributed by atoms with E-state index in [4.69, 9.17) is 0 Å². The maximum absolute atomic E-state index is 12.3. The number of nitrogens with zero attached hydrogens (tertiary/aromatic N) is 2. The standard InChI is InChI=1S/C14H24N4O/c1-14(2,3)12-8-11(18(4)17-12)13(19)16-10-6-5-7-15-9-10/h8,10,15H,5-7,9H2,1-4H3,(H,16,19). The van der Waals surface area contributed by atoms with Crippen LogP contribution in [0.4, 0.5) is 0 Å². The Morgan fingerprint density at radius 1 is 1.53 bits per heavy atom. The molecule has 2 N–H and O–H groups in total. The van der Waals surface area contributed by atoms with Gasteiger partial charge in [0.25, 0.3) is 5.91 Å². The quantitative estimate of drug-likeness (QED) is 0.844. The van der Waals surface area contributed by atoms with Crippen molar-refractivity contribution in [3.63, 3.8) is 0 Å². The molecule has 0 aliphatic carbocycles. The van der Waals surface area contributed by atoms with Gasteiger partial charge in [-0.05, 0) is 25.5 Å². The minimum atomic E-state index is -0.0390. The highest BCUT2D eigenvalue weighted by molar-refractivity contribution is 5.92. The third-order valence-electron chi connectivity index (χ3n) is 3.51. The van der Waals surface area contributed by atoms with Gasteiger partial charge in [0, 0.05) is 25.0 Å². The van der Waals surface area contributed by atoms with Crippen molar-refractivity contribution < 1.29 is 4.79 Å². The summed E-state index contributed by atoms with van der Waals surface area (Å²) in [6.45, 7) is 8.20. The van der Waals surface area contributed by atoms with E-state index in [9.17, 15) is 4.79 Å². The lowest BCUT2D eigenvalue weighted by molar-refractivity contribution is 0.0921. The van der Waals surface area contributed by atoms with Crippen molar-refractivity contribution in [3.05, 3.63) is 17.5 Å². The van der Waals surface area contributed by atoms with E-state index in [2.05, 4.69) is 36.5 Å². The van der Waals surface area contributed by atoms with Gasteiger partial charge in [0.05, 0.1) is 5.69 Å². The molecule has 106 valence electrons. The highest BCUT2D eigenvalue weighted by atomic mass is 16.2. The van der Waals surface area contributed by atoms with Gasteiger partial charge in [0.15, 0.2) is 0 Å². The van der Waals surface area contributed by atoms with Crippen molar-refractivity contribution in [2.24, 2.45) is 7.05 Å². The molecule has 1 unspecified atom stereocenters. The van der Waals surface area contributed by atoms with Gasteiger partial charge in [-0.15, -0.1) is 0 Å². The Morgan fingerprint density at radius 2 is 2.26 bits per heavy atom. The molecule has 1 aliphatic rings. The van der Waals surface area contributed by atoms with E-state index in [-0.39, 0.29) is 17.4 Å². The number of rotatable bonds is 2. The van der Waals surface area contributed by atoms with E-state index in [1.54, 1.807) is 4.68 Å². The first-order chi connectivity index (χ1) is 8.88. The fourth-order valence-electron chi connectivity index (χ4n) is 2.28. The maximum Gasteiger partial charge on any atom is 0.269 e. The lowest BCUT2D eigenvalue weighted by Gasteiger charge is -2.23. The lowest BCUT2D eigenvalue weighted by atomic mass is 9.92. The molecule has 1 amide bonds. The Kier molecular flexibility index (Phi) is 3.94. The van der Waals surface area contributed by atoms with Crippen molar-refractivity contribution >= 4 is 5.91 Å². The third-order valence-corrected chi connectivity index (χ3v) is 3.51. The Balaban J connectivity index is 2.08. The number of aromatic nitrogens is 2. The van der Waals surface area contributed by atoms with E-state index in [1.165, 1.54) is 0 Å². The van der Waals surface area contributed by atoms with Crippen LogP contribution in [0.3, 0.4) is 0 Å². The van der Waals surface area contributed by atoms with Crippen LogP contribution in [0.2, 0.25) is 0 Å². The number of nitrogens with one attached hydrogen (secondary N) is 2. The van der Waals surface area contributed by atoms with E-state index in [1.807, 2.05) is 13.1 Å². The molecule has 0 spiro atoms. The van der Waals surface area contributed by atoms with Gasteiger partial charge in [-0.3, -0.25) is 9.48 Å². The molecule has 1 saturated heterocycles. The zero-order chi connectivity index (χ0) is 14.0. The first-order valence-corrected chi connectivity index (χ1v) is 6.94. The van der Waals surface area contributed by atoms with Crippen LogP contribution in [-0.2, 0) is 12.5 Å². The van der Waals surface area contributed by atoms with Crippen LogP contribution < -0.4 is 10.6 Å². The second kappa shape index (κ2) is 5.33. The van der Waals surface area contributed by atoms with Crippen LogP contribution >= 0.6 is 0 Å². The highest BCUT2D eigenvalue weighted by Crippen LogP contribution is 2.21. The van der Waals surface area contributed by atoms with Gasteiger partial charge in [-0.1, -0.05) is 20.8 Å². The SMILES string of the molecule is Cn1nc(C(C)(C)C)cc1C(=O)NC1CCCNC1. The molecule has 1 atom stereocenters. The number of amides is 1. The molecule has 19 heavy (non-hydrogen) atoms. The topological polar surface area (TPSA) is 59.0 Å². The van der Waals surface area contributed by atoms with Crippen molar-refractivity contribution in [2.75, 3.05) is 13.1 Å². The van der Waals surface area contributed by atoms with Crippen molar-refractivity contribution in [2.45, 2.75) is 45.1 Å². The molecule has 5 heteroatoms. The number of hydrogen-bond donors (Lipinski definition) is 2. The van der Waals surface area contributed by atoms with E-state index >= 15 is 0 Å². The molecule has 0 radical (unpaired) electrons. The second-order valence-corrected chi connectivity index (χ2v) is 6.31. The summed E-state index contributed by atoms with van der Waals surface area (Å²) in [6.07, 6.45) is 2.16. The summed E-state index contributed by atoms with van der Waals surface area (Å²) in [5, 5.41) is 10.8. The Labute approximate surface area is 114 Å². The Morgan fingerprint density at radius 3 is 2.79 bits per heavy atom. The second-order valence-electron chi connectivity index (χ2n) is 6.31. The summed E-state index contributed by atoms with van der Waals surface area (Å²) in [5.41, 5.74) is 1.54. The average molecular weight is 264 g/mol. The number of aryl methyl sites for hydroxylation is 1. The summed E-state index contributed by atoms with van der Waals surface area (Å²) >= 11 is 0. The third kappa shape index (κ3) is 3.35. The Hall–Kier alpha value is -1.36. The fourth-order valence-corrected chi connectivity index (χ4v) is 2.28. The van der Waals surface area contributed by atoms with Crippen LogP contribution in [0.1, 0.15) is 49.8 Å². The predicted molar refractivity (Wildman–Crippen MR) is 75.3 cm³/mol. The minimum Gasteiger partial charge on any atom is -0.347 e. The molecule has 1 fully saturated rings. The molecule has 0 saturated carbocycles. The molecule has 0 aromatic carbocycles. The van der Waals surface area contributed by atoms with Crippen LogP contribution in [0.15, 0.2) is 6.07 Å². The molecule has 2 rings (SSSR count). The van der Waals surface area contributed by atoms with E-state index in [0.717, 1.165) is 31.6 Å². The number of hydrogen-bond acceptors (Lipinski definition) is 3. The normalized spacial score (nSPS) is 20.3. The van der Waals surface area contributed by atoms with E-state index in [0.29, 0.717) is 5.69 Å². The molecule has 5 nitrogen and oxygen atoms in total. The molecular weight excluding hydrogens is 240 g/mol. The van der Waals surface area contributed by atoms with Crippen LogP contribution in [0, 0.1) is 0 Å². The van der Waals surface area contributed by atoms with Crippen LogP contribution in [0.25, 0.3) is 0 Å². The van der Waals surface area contributed by atoms with Gasteiger partial charge in [0.2, 0.25) is 0 Å². The van der Waals surface area contributed by atoms with Gasteiger partial charge in [-0.25, -0.2) is 0 Å². The van der Waals surface area contributed by atoms with Crippen LogP contribution in [0.5, 0.6) is 0 Å². The summed E-state index contributed by atoms with van der Waals surface area (Å²) in [5.74, 6) is -0.0285. The number of carbonyl (C=O) groups excluding carboxylic acids is 1. The fraction of sp³-hybridized carbons (Fsp3) is 0.714. The van der Waals surface area contributed by atoms with Gasteiger partial charge in [0.1, 0.15) is 5.69 Å². The van der Waals surface area contributed by atoms with Gasteiger partial charge >= 0.3 is 0 Å². The minimum absolute atomic E-state index is 0.0285. The molecule has 0 bridgehead atoms. The molecule has 1 aromatic heterocycles. The van der Waals surface area contributed by atoms with Gasteiger partial charge in [-0.2, -0.15) is 5.10 Å². The van der Waals surface area contributed by atoms with E-state index < -0.39 is 0 Å². The number of piperidine rings is 1. The lowest BCUT2D eigenvalue weighted by Crippen LogP contribution is -2.46. The summed E-state index contributed by atoms with van der Waals surface area (Å²) in [6, 6.07) is 2.13. The molecule has 1 aromatic rings. The smallest absolute Gasteiger partial charge is 0.269 e. The Bertz CT molecular complexity index is 453. The van der Waals surface area contributed by atoms with Crippen molar-refractivity contribution in [3.8, 4) is 0 Å². The number of carbonyl (C=O) groups is 1. The first kappa shape index (κ1) is 14.1. The zero-order valence-corrected chi connectivity index (χ0v) is 12.3. The average Bonchev–Trinajstić information content (AvgIpc) is 2.72. The van der Waals surface area contributed by atoms with Gasteiger partial charge < -0.3 is 10.6 Å². The molecular formula is C14H24N4O. The first-order valence-electron chi connectivity index (χ1n) is 6.94. The van der Waals surface area contributed by atoms with Crippen molar-refractivity contribution in [1.29, 1.82) is 0 Å². The largest absolute Gasteiger partial charge is 0.347 e. The monoisotopic (exact) mass is 264 g/mol. The molecule has 1 aliphatic heterocycles.